The lowest BCUT2D eigenvalue weighted by Gasteiger charge is -2.21. The maximum Gasteiger partial charge on any atom is 0.185 e. The lowest BCUT2D eigenvalue weighted by atomic mass is 9.84. The SMILES string of the molecule is O=C(C=Cc1cccnc1)c1ccc(C2CCCCC2)cc1. The first kappa shape index (κ1) is 14.7. The average molecular weight is 291 g/mol. The fraction of sp³-hybridized carbons (Fsp3) is 0.300. The molecule has 1 saturated carbocycles. The van der Waals surface area contributed by atoms with Crippen molar-refractivity contribution in [2.75, 3.05) is 0 Å². The van der Waals surface area contributed by atoms with E-state index in [0.29, 0.717) is 5.92 Å². The van der Waals surface area contributed by atoms with E-state index in [1.165, 1.54) is 37.7 Å². The lowest BCUT2D eigenvalue weighted by molar-refractivity contribution is 0.104. The summed E-state index contributed by atoms with van der Waals surface area (Å²) in [6.07, 6.45) is 13.5. The van der Waals surface area contributed by atoms with E-state index in [-0.39, 0.29) is 5.78 Å². The minimum Gasteiger partial charge on any atom is -0.289 e. The molecular formula is C20H21NO. The van der Waals surface area contributed by atoms with E-state index in [2.05, 4.69) is 17.1 Å². The molecule has 2 aromatic rings. The van der Waals surface area contributed by atoms with E-state index >= 15 is 0 Å². The van der Waals surface area contributed by atoms with Crippen molar-refractivity contribution in [1.82, 2.24) is 4.98 Å². The van der Waals surface area contributed by atoms with E-state index in [0.717, 1.165) is 11.1 Å². The first-order chi connectivity index (χ1) is 10.8. The summed E-state index contributed by atoms with van der Waals surface area (Å²) in [5.74, 6) is 0.725. The number of hydrogen-bond acceptors (Lipinski definition) is 2. The molecule has 0 aliphatic heterocycles. The largest absolute Gasteiger partial charge is 0.289 e. The van der Waals surface area contributed by atoms with Gasteiger partial charge in [-0.15, -0.1) is 0 Å². The summed E-state index contributed by atoms with van der Waals surface area (Å²) in [5, 5.41) is 0. The molecule has 1 aliphatic carbocycles. The maximum atomic E-state index is 12.2. The van der Waals surface area contributed by atoms with Gasteiger partial charge in [0.25, 0.3) is 0 Å². The minimum atomic E-state index is 0.0408. The van der Waals surface area contributed by atoms with Crippen LogP contribution in [0.2, 0.25) is 0 Å². The molecule has 2 nitrogen and oxygen atoms in total. The van der Waals surface area contributed by atoms with Crippen molar-refractivity contribution < 1.29 is 4.79 Å². The van der Waals surface area contributed by atoms with Gasteiger partial charge in [-0.25, -0.2) is 0 Å². The molecule has 112 valence electrons. The molecule has 22 heavy (non-hydrogen) atoms. The van der Waals surface area contributed by atoms with Crippen LogP contribution in [0.3, 0.4) is 0 Å². The Labute approximate surface area is 131 Å². The van der Waals surface area contributed by atoms with Gasteiger partial charge in [-0.1, -0.05) is 49.6 Å². The maximum absolute atomic E-state index is 12.2. The van der Waals surface area contributed by atoms with Crippen LogP contribution in [-0.2, 0) is 0 Å². The van der Waals surface area contributed by atoms with Crippen molar-refractivity contribution >= 4 is 11.9 Å². The Morgan fingerprint density at radius 1 is 1.05 bits per heavy atom. The van der Waals surface area contributed by atoms with Crippen LogP contribution in [0.25, 0.3) is 6.08 Å². The summed E-state index contributed by atoms with van der Waals surface area (Å²) in [4.78, 5) is 16.2. The molecule has 0 N–H and O–H groups in total. The Balaban J connectivity index is 1.67. The molecule has 1 fully saturated rings. The predicted octanol–water partition coefficient (Wildman–Crippen LogP) is 5.03. The topological polar surface area (TPSA) is 30.0 Å². The van der Waals surface area contributed by atoms with Crippen LogP contribution in [-0.4, -0.2) is 10.8 Å². The van der Waals surface area contributed by atoms with Crippen LogP contribution in [0, 0.1) is 0 Å². The van der Waals surface area contributed by atoms with Crippen molar-refractivity contribution in [1.29, 1.82) is 0 Å². The molecule has 2 heteroatoms. The highest BCUT2D eigenvalue weighted by molar-refractivity contribution is 6.06. The third-order valence-electron chi connectivity index (χ3n) is 4.38. The smallest absolute Gasteiger partial charge is 0.185 e. The number of hydrogen-bond donors (Lipinski definition) is 0. The van der Waals surface area contributed by atoms with E-state index < -0.39 is 0 Å². The molecule has 3 rings (SSSR count). The van der Waals surface area contributed by atoms with E-state index in [1.807, 2.05) is 30.3 Å². The fourth-order valence-corrected chi connectivity index (χ4v) is 3.10. The Morgan fingerprint density at radius 2 is 1.82 bits per heavy atom. The van der Waals surface area contributed by atoms with Gasteiger partial charge in [0.2, 0.25) is 0 Å². The number of pyridine rings is 1. The van der Waals surface area contributed by atoms with Gasteiger partial charge >= 0.3 is 0 Å². The van der Waals surface area contributed by atoms with Gasteiger partial charge in [-0.05, 0) is 48.1 Å². The zero-order valence-electron chi connectivity index (χ0n) is 12.7. The standard InChI is InChI=1S/C20H21NO/c22-20(13-8-16-5-4-14-21-15-16)19-11-9-18(10-12-19)17-6-2-1-3-7-17/h4-5,8-15,17H,1-3,6-7H2. The number of nitrogens with zero attached hydrogens (tertiary/aromatic N) is 1. The molecule has 0 amide bonds. The van der Waals surface area contributed by atoms with Gasteiger partial charge < -0.3 is 0 Å². The summed E-state index contributed by atoms with van der Waals surface area (Å²) in [5.41, 5.74) is 3.07. The Morgan fingerprint density at radius 3 is 2.50 bits per heavy atom. The summed E-state index contributed by atoms with van der Waals surface area (Å²) in [7, 11) is 0. The second-order valence-electron chi connectivity index (χ2n) is 5.94. The normalized spacial score (nSPS) is 16.0. The molecule has 0 radical (unpaired) electrons. The highest BCUT2D eigenvalue weighted by Gasteiger charge is 2.15. The molecular weight excluding hydrogens is 270 g/mol. The van der Waals surface area contributed by atoms with Crippen LogP contribution in [0.15, 0.2) is 54.9 Å². The molecule has 1 aliphatic rings. The lowest BCUT2D eigenvalue weighted by Crippen LogP contribution is -2.05. The number of rotatable bonds is 4. The van der Waals surface area contributed by atoms with Crippen molar-refractivity contribution in [2.24, 2.45) is 0 Å². The van der Waals surface area contributed by atoms with Crippen molar-refractivity contribution in [3.05, 3.63) is 71.6 Å². The van der Waals surface area contributed by atoms with Crippen molar-refractivity contribution in [3.8, 4) is 0 Å². The summed E-state index contributed by atoms with van der Waals surface area (Å²) in [6.45, 7) is 0. The second-order valence-corrected chi connectivity index (χ2v) is 5.94. The van der Waals surface area contributed by atoms with Gasteiger partial charge in [0.1, 0.15) is 0 Å². The molecule has 0 bridgehead atoms. The molecule has 0 atom stereocenters. The van der Waals surface area contributed by atoms with Crippen LogP contribution in [0.4, 0.5) is 0 Å². The second kappa shape index (κ2) is 7.17. The van der Waals surface area contributed by atoms with Gasteiger partial charge in [0.15, 0.2) is 5.78 Å². The highest BCUT2D eigenvalue weighted by atomic mass is 16.1. The van der Waals surface area contributed by atoms with Gasteiger partial charge in [0.05, 0.1) is 0 Å². The zero-order chi connectivity index (χ0) is 15.2. The Kier molecular flexibility index (Phi) is 4.79. The van der Waals surface area contributed by atoms with E-state index in [9.17, 15) is 4.79 Å². The van der Waals surface area contributed by atoms with Gasteiger partial charge in [-0.2, -0.15) is 0 Å². The number of carbonyl (C=O) groups excluding carboxylic acids is 1. The summed E-state index contributed by atoms with van der Waals surface area (Å²) >= 11 is 0. The minimum absolute atomic E-state index is 0.0408. The van der Waals surface area contributed by atoms with E-state index in [1.54, 1.807) is 18.5 Å². The van der Waals surface area contributed by atoms with Crippen LogP contribution < -0.4 is 0 Å². The predicted molar refractivity (Wildman–Crippen MR) is 89.9 cm³/mol. The Bertz CT molecular complexity index is 637. The molecule has 0 saturated heterocycles. The quantitative estimate of drug-likeness (QED) is 0.584. The van der Waals surface area contributed by atoms with Gasteiger partial charge in [-0.3, -0.25) is 9.78 Å². The number of carbonyl (C=O) groups is 1. The average Bonchev–Trinajstić information content (AvgIpc) is 2.61. The van der Waals surface area contributed by atoms with Crippen LogP contribution in [0.1, 0.15) is 59.5 Å². The summed E-state index contributed by atoms with van der Waals surface area (Å²) < 4.78 is 0. The monoisotopic (exact) mass is 291 g/mol. The number of allylic oxidation sites excluding steroid dienone is 1. The summed E-state index contributed by atoms with van der Waals surface area (Å²) in [6, 6.07) is 12.0. The van der Waals surface area contributed by atoms with Crippen LogP contribution in [0.5, 0.6) is 0 Å². The highest BCUT2D eigenvalue weighted by Crippen LogP contribution is 2.32. The molecule has 0 spiro atoms. The fourth-order valence-electron chi connectivity index (χ4n) is 3.10. The molecule has 1 aromatic heterocycles. The number of benzene rings is 1. The van der Waals surface area contributed by atoms with Crippen LogP contribution >= 0.6 is 0 Å². The molecule has 1 heterocycles. The van der Waals surface area contributed by atoms with Gasteiger partial charge in [0, 0.05) is 18.0 Å². The van der Waals surface area contributed by atoms with Crippen molar-refractivity contribution in [3.63, 3.8) is 0 Å². The first-order valence-corrected chi connectivity index (χ1v) is 8.05. The number of aromatic nitrogens is 1. The third-order valence-corrected chi connectivity index (χ3v) is 4.38. The zero-order valence-corrected chi connectivity index (χ0v) is 12.7. The third kappa shape index (κ3) is 3.70. The first-order valence-electron chi connectivity index (χ1n) is 8.05. The Hall–Kier alpha value is -2.22. The van der Waals surface area contributed by atoms with Crippen molar-refractivity contribution in [2.45, 2.75) is 38.0 Å². The molecule has 0 unspecified atom stereocenters. The van der Waals surface area contributed by atoms with E-state index in [4.69, 9.17) is 0 Å². The molecule has 1 aromatic carbocycles. The number of ketones is 1.